The Morgan fingerprint density at radius 2 is 1.81 bits per heavy atom. The molecule has 0 N–H and O–H groups in total. The van der Waals surface area contributed by atoms with Gasteiger partial charge in [-0.25, -0.2) is 8.78 Å². The van der Waals surface area contributed by atoms with Gasteiger partial charge in [0.1, 0.15) is 7.85 Å². The molecule has 0 atom stereocenters. The molecule has 1 heterocycles. The van der Waals surface area contributed by atoms with E-state index in [0.29, 0.717) is 6.54 Å². The van der Waals surface area contributed by atoms with Crippen LogP contribution >= 0.6 is 0 Å². The highest BCUT2D eigenvalue weighted by Gasteiger charge is 2.12. The lowest BCUT2D eigenvalue weighted by Gasteiger charge is -2.26. The maximum Gasteiger partial charge on any atom is 0.158 e. The van der Waals surface area contributed by atoms with E-state index in [4.69, 9.17) is 7.85 Å². The molecular formula is C12H14BF2N. The smallest absolute Gasteiger partial charge is 0.158 e. The maximum atomic E-state index is 13.1. The number of benzene rings is 1. The fourth-order valence-electron chi connectivity index (χ4n) is 2.14. The van der Waals surface area contributed by atoms with Crippen molar-refractivity contribution in [3.63, 3.8) is 0 Å². The van der Waals surface area contributed by atoms with Gasteiger partial charge in [0, 0.05) is 6.54 Å². The normalized spacial score (nSPS) is 17.6. The predicted molar refractivity (Wildman–Crippen MR) is 60.9 cm³/mol. The van der Waals surface area contributed by atoms with Gasteiger partial charge in [0.15, 0.2) is 11.6 Å². The quantitative estimate of drug-likeness (QED) is 0.687. The Kier molecular flexibility index (Phi) is 3.59. The molecule has 0 bridgehead atoms. The predicted octanol–water partition coefficient (Wildman–Crippen LogP) is 1.74. The third-order valence-corrected chi connectivity index (χ3v) is 2.97. The fourth-order valence-corrected chi connectivity index (χ4v) is 2.14. The molecule has 1 aliphatic rings. The lowest BCUT2D eigenvalue weighted by Crippen LogP contribution is -2.29. The van der Waals surface area contributed by atoms with E-state index in [-0.39, 0.29) is 5.46 Å². The van der Waals surface area contributed by atoms with Crippen LogP contribution in [-0.4, -0.2) is 25.8 Å². The Balaban J connectivity index is 2.09. The molecule has 1 aromatic carbocycles. The van der Waals surface area contributed by atoms with E-state index in [2.05, 4.69) is 4.90 Å². The van der Waals surface area contributed by atoms with E-state index in [9.17, 15) is 8.78 Å². The van der Waals surface area contributed by atoms with Crippen LogP contribution < -0.4 is 5.46 Å². The number of likely N-dealkylation sites (tertiary alicyclic amines) is 1. The van der Waals surface area contributed by atoms with Crippen LogP contribution in [0.15, 0.2) is 12.1 Å². The highest BCUT2D eigenvalue weighted by atomic mass is 19.2. The number of piperidine rings is 1. The van der Waals surface area contributed by atoms with Crippen molar-refractivity contribution in [2.24, 2.45) is 0 Å². The van der Waals surface area contributed by atoms with Crippen LogP contribution in [0, 0.1) is 11.6 Å². The average molecular weight is 221 g/mol. The Morgan fingerprint density at radius 1 is 1.12 bits per heavy atom. The first-order chi connectivity index (χ1) is 7.66. The summed E-state index contributed by atoms with van der Waals surface area (Å²) in [5, 5.41) is 0. The monoisotopic (exact) mass is 221 g/mol. The van der Waals surface area contributed by atoms with Gasteiger partial charge in [-0.15, -0.1) is 0 Å². The highest BCUT2D eigenvalue weighted by molar-refractivity contribution is 6.32. The van der Waals surface area contributed by atoms with Crippen LogP contribution in [-0.2, 0) is 6.54 Å². The molecule has 4 heteroatoms. The Hall–Kier alpha value is -0.895. The molecule has 0 unspecified atom stereocenters. The summed E-state index contributed by atoms with van der Waals surface area (Å²) in [6.45, 7) is 2.71. The third-order valence-electron chi connectivity index (χ3n) is 2.97. The first-order valence-electron chi connectivity index (χ1n) is 5.62. The van der Waals surface area contributed by atoms with Crippen molar-refractivity contribution in [1.29, 1.82) is 0 Å². The number of hydrogen-bond acceptors (Lipinski definition) is 1. The van der Waals surface area contributed by atoms with Crippen LogP contribution in [0.1, 0.15) is 24.8 Å². The molecule has 2 radical (unpaired) electrons. The molecule has 1 saturated heterocycles. The highest BCUT2D eigenvalue weighted by Crippen LogP contribution is 2.14. The summed E-state index contributed by atoms with van der Waals surface area (Å²) >= 11 is 0. The van der Waals surface area contributed by atoms with Crippen LogP contribution in [0.5, 0.6) is 0 Å². The topological polar surface area (TPSA) is 3.24 Å². The summed E-state index contributed by atoms with van der Waals surface area (Å²) < 4.78 is 26.1. The van der Waals surface area contributed by atoms with Crippen molar-refractivity contribution in [2.75, 3.05) is 13.1 Å². The van der Waals surface area contributed by atoms with E-state index in [1.807, 2.05) is 0 Å². The third kappa shape index (κ3) is 2.61. The summed E-state index contributed by atoms with van der Waals surface area (Å²) in [4.78, 5) is 2.25. The van der Waals surface area contributed by atoms with Gasteiger partial charge in [-0.3, -0.25) is 4.90 Å². The molecule has 1 nitrogen and oxygen atoms in total. The van der Waals surface area contributed by atoms with Crippen LogP contribution in [0.4, 0.5) is 8.78 Å². The van der Waals surface area contributed by atoms with Crippen molar-refractivity contribution in [2.45, 2.75) is 25.8 Å². The standard InChI is InChI=1S/C12H14BF2N/c13-10-6-9(7-11(14)12(10)15)8-16-4-2-1-3-5-16/h6-7H,1-5,8H2. The van der Waals surface area contributed by atoms with Gasteiger partial charge in [-0.05, 0) is 37.6 Å². The first kappa shape index (κ1) is 11.6. The van der Waals surface area contributed by atoms with Crippen molar-refractivity contribution >= 4 is 13.3 Å². The van der Waals surface area contributed by atoms with Crippen molar-refractivity contribution in [3.05, 3.63) is 29.3 Å². The molecule has 84 valence electrons. The maximum absolute atomic E-state index is 13.1. The molecule has 1 fully saturated rings. The minimum absolute atomic E-state index is 0.105. The van der Waals surface area contributed by atoms with Gasteiger partial charge in [0.05, 0.1) is 0 Å². The second-order valence-corrected chi connectivity index (χ2v) is 4.32. The Bertz CT molecular complexity index is 352. The van der Waals surface area contributed by atoms with E-state index in [1.165, 1.54) is 31.4 Å². The minimum Gasteiger partial charge on any atom is -0.299 e. The van der Waals surface area contributed by atoms with E-state index < -0.39 is 11.6 Å². The second-order valence-electron chi connectivity index (χ2n) is 4.32. The van der Waals surface area contributed by atoms with Gasteiger partial charge >= 0.3 is 0 Å². The van der Waals surface area contributed by atoms with E-state index in [1.54, 1.807) is 0 Å². The van der Waals surface area contributed by atoms with Crippen molar-refractivity contribution in [1.82, 2.24) is 4.90 Å². The summed E-state index contributed by atoms with van der Waals surface area (Å²) in [5.74, 6) is -1.80. The lowest BCUT2D eigenvalue weighted by atomic mass is 9.93. The molecule has 0 spiro atoms. The molecule has 0 aliphatic carbocycles. The number of rotatable bonds is 2. The SMILES string of the molecule is [B]c1cc(CN2CCCCC2)cc(F)c1F. The van der Waals surface area contributed by atoms with Crippen molar-refractivity contribution in [3.8, 4) is 0 Å². The van der Waals surface area contributed by atoms with Crippen molar-refractivity contribution < 1.29 is 8.78 Å². The second kappa shape index (κ2) is 4.96. The average Bonchev–Trinajstić information content (AvgIpc) is 2.27. The zero-order chi connectivity index (χ0) is 11.5. The number of halogens is 2. The molecule has 2 rings (SSSR count). The molecule has 16 heavy (non-hydrogen) atoms. The molecule has 0 aromatic heterocycles. The first-order valence-corrected chi connectivity index (χ1v) is 5.62. The molecule has 0 amide bonds. The van der Waals surface area contributed by atoms with Gasteiger partial charge in [-0.1, -0.05) is 17.9 Å². The summed E-state index contributed by atoms with van der Waals surface area (Å²) in [5.41, 5.74) is 0.644. The molecular weight excluding hydrogens is 207 g/mol. The molecule has 1 aliphatic heterocycles. The van der Waals surface area contributed by atoms with Crippen LogP contribution in [0.3, 0.4) is 0 Å². The summed E-state index contributed by atoms with van der Waals surface area (Å²) in [7, 11) is 5.39. The zero-order valence-electron chi connectivity index (χ0n) is 9.18. The van der Waals surface area contributed by atoms with Gasteiger partial charge < -0.3 is 0 Å². The molecule has 1 aromatic rings. The van der Waals surface area contributed by atoms with E-state index in [0.717, 1.165) is 18.7 Å². The summed E-state index contributed by atoms with van der Waals surface area (Å²) in [6, 6.07) is 2.76. The van der Waals surface area contributed by atoms with Crippen LogP contribution in [0.25, 0.3) is 0 Å². The summed E-state index contributed by atoms with van der Waals surface area (Å²) in [6.07, 6.45) is 3.62. The van der Waals surface area contributed by atoms with Gasteiger partial charge in [0.2, 0.25) is 0 Å². The Labute approximate surface area is 95.9 Å². The van der Waals surface area contributed by atoms with Crippen LogP contribution in [0.2, 0.25) is 0 Å². The van der Waals surface area contributed by atoms with Gasteiger partial charge in [-0.2, -0.15) is 0 Å². The minimum atomic E-state index is -0.942. The Morgan fingerprint density at radius 3 is 2.44 bits per heavy atom. The fraction of sp³-hybridized carbons (Fsp3) is 0.500. The lowest BCUT2D eigenvalue weighted by molar-refractivity contribution is 0.220. The zero-order valence-corrected chi connectivity index (χ0v) is 9.18. The number of nitrogens with zero attached hydrogens (tertiary/aromatic N) is 1. The van der Waals surface area contributed by atoms with E-state index >= 15 is 0 Å². The van der Waals surface area contributed by atoms with Gasteiger partial charge in [0.25, 0.3) is 0 Å². The number of hydrogen-bond donors (Lipinski definition) is 0. The molecule has 0 saturated carbocycles. The largest absolute Gasteiger partial charge is 0.299 e.